The molecule has 182 valence electrons. The topological polar surface area (TPSA) is 21.7 Å². The van der Waals surface area contributed by atoms with Crippen LogP contribution < -0.4 is 0 Å². The molecule has 0 saturated heterocycles. The summed E-state index contributed by atoms with van der Waals surface area (Å²) in [7, 11) is 0. The van der Waals surface area contributed by atoms with Crippen LogP contribution in [-0.2, 0) is 0 Å². The van der Waals surface area contributed by atoms with E-state index in [1.807, 2.05) is 0 Å². The van der Waals surface area contributed by atoms with Gasteiger partial charge in [-0.15, -0.1) is 0 Å². The normalized spacial score (nSPS) is 12.2. The van der Waals surface area contributed by atoms with Gasteiger partial charge < -0.3 is 0 Å². The van der Waals surface area contributed by atoms with Gasteiger partial charge in [0, 0.05) is 20.6 Å². The third-order valence-corrected chi connectivity index (χ3v) is 8.87. The number of benzene rings is 6. The second-order valence-electron chi connectivity index (χ2n) is 10.1. The molecular weight excluding hydrogens is 494 g/mol. The fourth-order valence-corrected chi connectivity index (χ4v) is 6.93. The van der Waals surface area contributed by atoms with Crippen molar-refractivity contribution in [2.75, 3.05) is 0 Å². The van der Waals surface area contributed by atoms with Crippen molar-refractivity contribution >= 4 is 66.7 Å². The Hall–Kier alpha value is -4.80. The Balaban J connectivity index is 1.34. The highest BCUT2D eigenvalue weighted by atomic mass is 32.2. The van der Waals surface area contributed by atoms with Gasteiger partial charge >= 0.3 is 0 Å². The van der Waals surface area contributed by atoms with Gasteiger partial charge in [-0.1, -0.05) is 78.5 Å². The van der Waals surface area contributed by atoms with Crippen LogP contribution >= 0.6 is 11.8 Å². The van der Waals surface area contributed by atoms with Gasteiger partial charge in [-0.05, 0) is 82.6 Å². The molecular formula is C35H21N3S. The van der Waals surface area contributed by atoms with Crippen LogP contribution in [0.1, 0.15) is 0 Å². The minimum Gasteiger partial charge on any atom is -0.277 e. The average molecular weight is 516 g/mol. The highest BCUT2D eigenvalue weighted by molar-refractivity contribution is 7.99. The van der Waals surface area contributed by atoms with E-state index in [4.69, 9.17) is 4.98 Å². The Kier molecular flexibility index (Phi) is 4.26. The van der Waals surface area contributed by atoms with Gasteiger partial charge in [-0.25, -0.2) is 4.98 Å². The summed E-state index contributed by atoms with van der Waals surface area (Å²) in [5.41, 5.74) is 8.20. The molecule has 39 heavy (non-hydrogen) atoms. The van der Waals surface area contributed by atoms with E-state index in [1.54, 1.807) is 11.8 Å². The van der Waals surface area contributed by atoms with Crippen LogP contribution in [0.2, 0.25) is 0 Å². The van der Waals surface area contributed by atoms with Crippen molar-refractivity contribution in [1.29, 1.82) is 0 Å². The first-order valence-electron chi connectivity index (χ1n) is 13.1. The maximum absolute atomic E-state index is 5.11. The van der Waals surface area contributed by atoms with Gasteiger partial charge in [-0.3, -0.25) is 8.80 Å². The molecule has 9 rings (SSSR count). The molecule has 0 saturated carbocycles. The molecule has 0 unspecified atom stereocenters. The lowest BCUT2D eigenvalue weighted by Gasteiger charge is -2.07. The molecule has 6 aromatic carbocycles. The first kappa shape index (κ1) is 21.2. The minimum atomic E-state index is 0.966. The zero-order valence-corrected chi connectivity index (χ0v) is 21.7. The first-order valence-corrected chi connectivity index (χ1v) is 14.0. The predicted molar refractivity (Wildman–Crippen MR) is 163 cm³/mol. The molecule has 0 N–H and O–H groups in total. The lowest BCUT2D eigenvalue weighted by Crippen LogP contribution is -1.85. The largest absolute Gasteiger partial charge is 0.277 e. The molecule has 0 bridgehead atoms. The molecule has 0 aliphatic carbocycles. The molecule has 9 aromatic rings. The summed E-state index contributed by atoms with van der Waals surface area (Å²) in [6.07, 6.45) is 0. The van der Waals surface area contributed by atoms with E-state index in [-0.39, 0.29) is 0 Å². The number of hydrogen-bond donors (Lipinski definition) is 0. The minimum absolute atomic E-state index is 0.966. The van der Waals surface area contributed by atoms with Crippen molar-refractivity contribution in [3.8, 4) is 11.1 Å². The number of aromatic nitrogens is 3. The van der Waals surface area contributed by atoms with E-state index < -0.39 is 0 Å². The quantitative estimate of drug-likeness (QED) is 0.234. The van der Waals surface area contributed by atoms with Crippen LogP contribution in [0, 0.1) is 0 Å². The fourth-order valence-electron chi connectivity index (χ4n) is 6.09. The second kappa shape index (κ2) is 7.85. The number of nitrogens with zero attached hydrogens (tertiary/aromatic N) is 3. The smallest absolute Gasteiger partial charge is 0.220 e. The predicted octanol–water partition coefficient (Wildman–Crippen LogP) is 9.46. The molecule has 0 aliphatic heterocycles. The molecule has 0 atom stereocenters. The van der Waals surface area contributed by atoms with Crippen LogP contribution in [0.15, 0.2) is 137 Å². The average Bonchev–Trinajstić information content (AvgIpc) is 3.62. The molecule has 3 heterocycles. The molecule has 0 radical (unpaired) electrons. The second-order valence-corrected chi connectivity index (χ2v) is 11.3. The van der Waals surface area contributed by atoms with Gasteiger partial charge in [0.1, 0.15) is 0 Å². The van der Waals surface area contributed by atoms with Crippen molar-refractivity contribution in [2.45, 2.75) is 9.79 Å². The lowest BCUT2D eigenvalue weighted by molar-refractivity contribution is 1.22. The molecule has 4 heteroatoms. The third kappa shape index (κ3) is 3.03. The lowest BCUT2D eigenvalue weighted by atomic mass is 10.0. The molecule has 0 aliphatic rings. The van der Waals surface area contributed by atoms with Gasteiger partial charge in [0.2, 0.25) is 5.78 Å². The summed E-state index contributed by atoms with van der Waals surface area (Å²) >= 11 is 1.79. The summed E-state index contributed by atoms with van der Waals surface area (Å²) in [6.45, 7) is 0. The van der Waals surface area contributed by atoms with Crippen LogP contribution in [0.3, 0.4) is 0 Å². The van der Waals surface area contributed by atoms with Crippen molar-refractivity contribution < 1.29 is 0 Å². The van der Waals surface area contributed by atoms with Crippen LogP contribution in [0.5, 0.6) is 0 Å². The summed E-state index contributed by atoms with van der Waals surface area (Å²) in [4.78, 5) is 7.60. The number of hydrogen-bond acceptors (Lipinski definition) is 2. The number of fused-ring (bicyclic) bond motifs is 9. The molecule has 3 nitrogen and oxygen atoms in total. The Morgan fingerprint density at radius 1 is 0.487 bits per heavy atom. The Bertz CT molecular complexity index is 2340. The zero-order valence-electron chi connectivity index (χ0n) is 20.9. The summed E-state index contributed by atoms with van der Waals surface area (Å²) in [5, 5.41) is 5.03. The SMILES string of the molecule is c1ccc(Sc2ccc(-c3cc4c5cc6ccccc6cc5n5c4c(c3)n3c4ccccc4nc35)cc2)cc1. The molecule has 0 spiro atoms. The Morgan fingerprint density at radius 3 is 2.05 bits per heavy atom. The molecule has 3 aromatic heterocycles. The maximum Gasteiger partial charge on any atom is 0.220 e. The third-order valence-electron chi connectivity index (χ3n) is 7.86. The van der Waals surface area contributed by atoms with Gasteiger partial charge in [0.25, 0.3) is 0 Å². The standard InChI is InChI=1S/C35H21N3S/c1-2-10-26(11-3-1)39-27-16-14-22(15-17-27)25-19-29-28-18-23-8-4-5-9-24(23)20-32(28)38-34(29)33(21-25)37-31-13-7-6-12-30(31)36-35(37)38/h1-21H. The van der Waals surface area contributed by atoms with E-state index in [9.17, 15) is 0 Å². The van der Waals surface area contributed by atoms with Crippen LogP contribution in [0.25, 0.3) is 66.0 Å². The van der Waals surface area contributed by atoms with Crippen LogP contribution in [0.4, 0.5) is 0 Å². The highest BCUT2D eigenvalue weighted by Gasteiger charge is 2.22. The van der Waals surface area contributed by atoms with E-state index in [2.05, 4.69) is 136 Å². The van der Waals surface area contributed by atoms with E-state index >= 15 is 0 Å². The Labute approximate surface area is 228 Å². The highest BCUT2D eigenvalue weighted by Crippen LogP contribution is 2.41. The van der Waals surface area contributed by atoms with E-state index in [0.29, 0.717) is 0 Å². The monoisotopic (exact) mass is 515 g/mol. The summed E-state index contributed by atoms with van der Waals surface area (Å²) in [5.74, 6) is 0.966. The van der Waals surface area contributed by atoms with Gasteiger partial charge in [0.05, 0.1) is 27.6 Å². The Morgan fingerprint density at radius 2 is 1.21 bits per heavy atom. The molecule has 0 amide bonds. The number of rotatable bonds is 3. The zero-order chi connectivity index (χ0) is 25.5. The van der Waals surface area contributed by atoms with E-state index in [0.717, 1.165) is 16.8 Å². The van der Waals surface area contributed by atoms with Crippen molar-refractivity contribution in [3.05, 3.63) is 127 Å². The van der Waals surface area contributed by atoms with Crippen LogP contribution in [-0.4, -0.2) is 13.8 Å². The number of para-hydroxylation sites is 2. The van der Waals surface area contributed by atoms with Crippen molar-refractivity contribution in [1.82, 2.24) is 13.8 Å². The maximum atomic E-state index is 5.11. The molecule has 0 fully saturated rings. The number of imidazole rings is 2. The van der Waals surface area contributed by atoms with Crippen molar-refractivity contribution in [2.24, 2.45) is 0 Å². The summed E-state index contributed by atoms with van der Waals surface area (Å²) in [6, 6.07) is 45.9. The van der Waals surface area contributed by atoms with E-state index in [1.165, 1.54) is 59.0 Å². The summed E-state index contributed by atoms with van der Waals surface area (Å²) < 4.78 is 4.69. The van der Waals surface area contributed by atoms with Gasteiger partial charge in [-0.2, -0.15) is 0 Å². The first-order chi connectivity index (χ1) is 19.3. The fraction of sp³-hybridized carbons (Fsp3) is 0. The van der Waals surface area contributed by atoms with Crippen molar-refractivity contribution in [3.63, 3.8) is 0 Å². The van der Waals surface area contributed by atoms with Gasteiger partial charge in [0.15, 0.2) is 0 Å².